The van der Waals surface area contributed by atoms with Crippen LogP contribution in [0.15, 0.2) is 0 Å². The highest BCUT2D eigenvalue weighted by Crippen LogP contribution is 1.92. The number of ether oxygens (including phenoxy) is 2. The van der Waals surface area contributed by atoms with Gasteiger partial charge < -0.3 is 15.2 Å². The summed E-state index contributed by atoms with van der Waals surface area (Å²) in [5.41, 5.74) is 5.32. The highest BCUT2D eigenvalue weighted by Gasteiger charge is 1.90. The van der Waals surface area contributed by atoms with Gasteiger partial charge in [-0.05, 0) is 32.2 Å². The monoisotopic (exact) mass is 189 g/mol. The molecule has 0 aromatic rings. The van der Waals surface area contributed by atoms with E-state index in [-0.39, 0.29) is 0 Å². The predicted molar refractivity (Wildman–Crippen MR) is 54.8 cm³/mol. The average molecular weight is 189 g/mol. The first-order chi connectivity index (χ1) is 6.41. The largest absolute Gasteiger partial charge is 0.381 e. The highest BCUT2D eigenvalue weighted by atomic mass is 16.5. The summed E-state index contributed by atoms with van der Waals surface area (Å²) in [6, 6.07) is 0. The van der Waals surface area contributed by atoms with Gasteiger partial charge in [0.2, 0.25) is 0 Å². The maximum atomic E-state index is 5.35. The van der Waals surface area contributed by atoms with Gasteiger partial charge >= 0.3 is 0 Å². The van der Waals surface area contributed by atoms with Crippen LogP contribution >= 0.6 is 0 Å². The van der Waals surface area contributed by atoms with Gasteiger partial charge in [0.05, 0.1) is 0 Å². The second kappa shape index (κ2) is 11.9. The third-order valence-electron chi connectivity index (χ3n) is 1.67. The van der Waals surface area contributed by atoms with Crippen molar-refractivity contribution in [2.45, 2.75) is 32.6 Å². The van der Waals surface area contributed by atoms with Crippen molar-refractivity contribution in [3.05, 3.63) is 0 Å². The molecule has 0 unspecified atom stereocenters. The number of hydrogen-bond donors (Lipinski definition) is 1. The molecule has 80 valence electrons. The van der Waals surface area contributed by atoms with Gasteiger partial charge in [0.1, 0.15) is 0 Å². The van der Waals surface area contributed by atoms with E-state index in [9.17, 15) is 0 Å². The van der Waals surface area contributed by atoms with Crippen molar-refractivity contribution in [1.29, 1.82) is 0 Å². The van der Waals surface area contributed by atoms with Crippen molar-refractivity contribution in [2.24, 2.45) is 5.73 Å². The van der Waals surface area contributed by atoms with Crippen LogP contribution in [0.5, 0.6) is 0 Å². The Balaban J connectivity index is 2.76. The van der Waals surface area contributed by atoms with Crippen molar-refractivity contribution in [1.82, 2.24) is 0 Å². The lowest BCUT2D eigenvalue weighted by atomic mass is 10.3. The summed E-state index contributed by atoms with van der Waals surface area (Å²) in [4.78, 5) is 0. The molecule has 0 fully saturated rings. The SMILES string of the molecule is CCCOCCCCOCCCN. The first-order valence-electron chi connectivity index (χ1n) is 5.27. The minimum absolute atomic E-state index is 0.722. The smallest absolute Gasteiger partial charge is 0.0478 e. The summed E-state index contributed by atoms with van der Waals surface area (Å²) in [5, 5.41) is 0. The number of unbranched alkanes of at least 4 members (excludes halogenated alkanes) is 1. The Bertz CT molecular complexity index is 79.0. The van der Waals surface area contributed by atoms with Crippen LogP contribution in [0.1, 0.15) is 32.6 Å². The average Bonchev–Trinajstić information content (AvgIpc) is 2.16. The van der Waals surface area contributed by atoms with E-state index in [1.807, 2.05) is 0 Å². The lowest BCUT2D eigenvalue weighted by molar-refractivity contribution is 0.103. The summed E-state index contributed by atoms with van der Waals surface area (Å²) >= 11 is 0. The molecule has 0 bridgehead atoms. The molecule has 0 heterocycles. The second-order valence-corrected chi connectivity index (χ2v) is 3.07. The first-order valence-corrected chi connectivity index (χ1v) is 5.27. The molecule has 0 aliphatic carbocycles. The maximum absolute atomic E-state index is 5.35. The first kappa shape index (κ1) is 12.9. The fourth-order valence-corrected chi connectivity index (χ4v) is 0.942. The van der Waals surface area contributed by atoms with E-state index in [0.717, 1.165) is 58.7 Å². The highest BCUT2D eigenvalue weighted by molar-refractivity contribution is 4.40. The summed E-state index contributed by atoms with van der Waals surface area (Å²) in [5.74, 6) is 0. The van der Waals surface area contributed by atoms with E-state index in [4.69, 9.17) is 15.2 Å². The van der Waals surface area contributed by atoms with Crippen LogP contribution in [0.25, 0.3) is 0 Å². The van der Waals surface area contributed by atoms with Gasteiger partial charge in [-0.2, -0.15) is 0 Å². The Kier molecular flexibility index (Phi) is 11.8. The second-order valence-electron chi connectivity index (χ2n) is 3.07. The molecular formula is C10H23NO2. The minimum Gasteiger partial charge on any atom is -0.381 e. The number of rotatable bonds is 10. The molecule has 0 aliphatic heterocycles. The zero-order valence-electron chi connectivity index (χ0n) is 8.76. The minimum atomic E-state index is 0.722. The van der Waals surface area contributed by atoms with E-state index in [1.54, 1.807) is 0 Å². The predicted octanol–water partition coefficient (Wildman–Crippen LogP) is 1.56. The van der Waals surface area contributed by atoms with Crippen molar-refractivity contribution in [3.8, 4) is 0 Å². The molecule has 0 aromatic carbocycles. The zero-order valence-corrected chi connectivity index (χ0v) is 8.76. The molecule has 0 atom stereocenters. The lowest BCUT2D eigenvalue weighted by Gasteiger charge is -2.03. The molecule has 3 nitrogen and oxygen atoms in total. The lowest BCUT2D eigenvalue weighted by Crippen LogP contribution is -2.05. The van der Waals surface area contributed by atoms with E-state index < -0.39 is 0 Å². The Labute approximate surface area is 81.6 Å². The zero-order chi connectivity index (χ0) is 9.78. The topological polar surface area (TPSA) is 44.5 Å². The molecular weight excluding hydrogens is 166 g/mol. The quantitative estimate of drug-likeness (QED) is 0.530. The van der Waals surface area contributed by atoms with Crippen LogP contribution in [0.4, 0.5) is 0 Å². The molecule has 0 amide bonds. The van der Waals surface area contributed by atoms with Crippen molar-refractivity contribution >= 4 is 0 Å². The van der Waals surface area contributed by atoms with Gasteiger partial charge in [0, 0.05) is 26.4 Å². The van der Waals surface area contributed by atoms with E-state index in [2.05, 4.69) is 6.92 Å². The molecule has 2 N–H and O–H groups in total. The number of hydrogen-bond acceptors (Lipinski definition) is 3. The van der Waals surface area contributed by atoms with Gasteiger partial charge in [-0.1, -0.05) is 6.92 Å². The standard InChI is InChI=1S/C10H23NO2/c1-2-7-12-8-3-4-9-13-10-5-6-11/h2-11H2,1H3. The van der Waals surface area contributed by atoms with Gasteiger partial charge in [0.25, 0.3) is 0 Å². The van der Waals surface area contributed by atoms with E-state index in [0.29, 0.717) is 0 Å². The molecule has 0 aromatic heterocycles. The van der Waals surface area contributed by atoms with E-state index >= 15 is 0 Å². The van der Waals surface area contributed by atoms with Crippen molar-refractivity contribution in [2.75, 3.05) is 33.0 Å². The third-order valence-corrected chi connectivity index (χ3v) is 1.67. The summed E-state index contributed by atoms with van der Waals surface area (Å²) in [6.07, 6.45) is 4.26. The Hall–Kier alpha value is -0.120. The molecule has 0 saturated heterocycles. The molecule has 0 radical (unpaired) electrons. The Morgan fingerprint density at radius 1 is 0.846 bits per heavy atom. The van der Waals surface area contributed by atoms with E-state index in [1.165, 1.54) is 0 Å². The van der Waals surface area contributed by atoms with Crippen molar-refractivity contribution < 1.29 is 9.47 Å². The normalized spacial score (nSPS) is 10.6. The van der Waals surface area contributed by atoms with Crippen LogP contribution < -0.4 is 5.73 Å². The van der Waals surface area contributed by atoms with Gasteiger partial charge in [-0.3, -0.25) is 0 Å². The molecule has 0 spiro atoms. The van der Waals surface area contributed by atoms with Gasteiger partial charge in [-0.15, -0.1) is 0 Å². The van der Waals surface area contributed by atoms with Crippen LogP contribution in [0.3, 0.4) is 0 Å². The van der Waals surface area contributed by atoms with Crippen LogP contribution in [0, 0.1) is 0 Å². The van der Waals surface area contributed by atoms with Gasteiger partial charge in [0.15, 0.2) is 0 Å². The summed E-state index contributed by atoms with van der Waals surface area (Å²) < 4.78 is 10.7. The molecule has 0 aliphatic rings. The molecule has 0 rings (SSSR count). The summed E-state index contributed by atoms with van der Waals surface area (Å²) in [7, 11) is 0. The number of nitrogens with two attached hydrogens (primary N) is 1. The summed E-state index contributed by atoms with van der Waals surface area (Å²) in [6.45, 7) is 6.24. The van der Waals surface area contributed by atoms with Crippen LogP contribution in [-0.2, 0) is 9.47 Å². The molecule has 13 heavy (non-hydrogen) atoms. The molecule has 3 heteroatoms. The Morgan fingerprint density at radius 3 is 1.92 bits per heavy atom. The Morgan fingerprint density at radius 2 is 1.38 bits per heavy atom. The fraction of sp³-hybridized carbons (Fsp3) is 1.00. The fourth-order valence-electron chi connectivity index (χ4n) is 0.942. The van der Waals surface area contributed by atoms with Crippen molar-refractivity contribution in [3.63, 3.8) is 0 Å². The van der Waals surface area contributed by atoms with Crippen LogP contribution in [0.2, 0.25) is 0 Å². The van der Waals surface area contributed by atoms with Crippen LogP contribution in [-0.4, -0.2) is 33.0 Å². The van der Waals surface area contributed by atoms with Gasteiger partial charge in [-0.25, -0.2) is 0 Å². The third kappa shape index (κ3) is 11.9. The molecule has 0 saturated carbocycles. The maximum Gasteiger partial charge on any atom is 0.0478 e.